The number of nitrogens with one attached hydrogen (secondary N) is 1. The first-order valence-electron chi connectivity index (χ1n) is 5.84. The highest BCUT2D eigenvalue weighted by Gasteiger charge is 2.11. The van der Waals surface area contributed by atoms with Crippen molar-refractivity contribution in [1.29, 1.82) is 0 Å². The lowest BCUT2D eigenvalue weighted by Gasteiger charge is -2.13. The lowest BCUT2D eigenvalue weighted by molar-refractivity contribution is 0.0698. The van der Waals surface area contributed by atoms with Crippen LogP contribution in [-0.4, -0.2) is 11.1 Å². The number of carboxylic acid groups (broad SMARTS) is 1. The van der Waals surface area contributed by atoms with Crippen molar-refractivity contribution in [2.24, 2.45) is 0 Å². The van der Waals surface area contributed by atoms with E-state index in [0.717, 1.165) is 21.3 Å². The normalized spacial score (nSPS) is 10.3. The van der Waals surface area contributed by atoms with E-state index < -0.39 is 5.97 Å². The summed E-state index contributed by atoms with van der Waals surface area (Å²) in [5.41, 5.74) is 3.84. The van der Waals surface area contributed by atoms with Gasteiger partial charge < -0.3 is 10.4 Å². The lowest BCUT2D eigenvalue weighted by Crippen LogP contribution is -2.03. The number of carbonyl (C=O) groups is 1. The van der Waals surface area contributed by atoms with E-state index >= 15 is 0 Å². The van der Waals surface area contributed by atoms with Gasteiger partial charge in [-0.25, -0.2) is 4.79 Å². The van der Waals surface area contributed by atoms with E-state index in [1.807, 2.05) is 38.1 Å². The Hall–Kier alpha value is -1.81. The summed E-state index contributed by atoms with van der Waals surface area (Å²) in [5.74, 6) is -0.933. The number of carboxylic acids is 1. The van der Waals surface area contributed by atoms with Crippen LogP contribution in [0.4, 0.5) is 11.4 Å². The van der Waals surface area contributed by atoms with Crippen molar-refractivity contribution in [1.82, 2.24) is 0 Å². The van der Waals surface area contributed by atoms with Crippen LogP contribution in [0.25, 0.3) is 0 Å². The Balaban J connectivity index is 2.42. The van der Waals surface area contributed by atoms with Crippen LogP contribution in [0, 0.1) is 13.8 Å². The van der Waals surface area contributed by atoms with Crippen LogP contribution in [0.5, 0.6) is 0 Å². The smallest absolute Gasteiger partial charge is 0.337 e. The van der Waals surface area contributed by atoms with E-state index in [2.05, 4.69) is 21.2 Å². The average molecular weight is 320 g/mol. The second-order valence-electron chi connectivity index (χ2n) is 4.44. The van der Waals surface area contributed by atoms with Crippen molar-refractivity contribution in [2.45, 2.75) is 13.8 Å². The molecule has 2 N–H and O–H groups in total. The Kier molecular flexibility index (Phi) is 3.90. The molecule has 0 heterocycles. The molecule has 3 nitrogen and oxygen atoms in total. The topological polar surface area (TPSA) is 49.3 Å². The molecule has 2 aromatic carbocycles. The fourth-order valence-corrected chi connectivity index (χ4v) is 2.34. The number of hydrogen-bond donors (Lipinski definition) is 2. The van der Waals surface area contributed by atoms with Crippen molar-refractivity contribution in [3.8, 4) is 0 Å². The minimum Gasteiger partial charge on any atom is -0.478 e. The zero-order valence-electron chi connectivity index (χ0n) is 10.7. The number of benzene rings is 2. The molecule has 0 amide bonds. The molecule has 98 valence electrons. The lowest BCUT2D eigenvalue weighted by atomic mass is 10.1. The second-order valence-corrected chi connectivity index (χ2v) is 5.35. The quantitative estimate of drug-likeness (QED) is 0.875. The molecular formula is C15H14BrNO2. The molecule has 0 atom stereocenters. The molecule has 0 aromatic heterocycles. The molecule has 0 saturated carbocycles. The largest absolute Gasteiger partial charge is 0.478 e. The number of anilines is 2. The predicted octanol–water partition coefficient (Wildman–Crippen LogP) is 4.51. The first-order chi connectivity index (χ1) is 8.97. The molecule has 0 saturated heterocycles. The summed E-state index contributed by atoms with van der Waals surface area (Å²) in [4.78, 5) is 11.2. The molecule has 0 spiro atoms. The molecule has 0 unspecified atom stereocenters. The summed E-state index contributed by atoms with van der Waals surface area (Å²) in [6.07, 6.45) is 0. The van der Waals surface area contributed by atoms with E-state index in [0.29, 0.717) is 5.69 Å². The molecule has 19 heavy (non-hydrogen) atoms. The summed E-state index contributed by atoms with van der Waals surface area (Å²) in [7, 11) is 0. The fourth-order valence-electron chi connectivity index (χ4n) is 1.86. The highest BCUT2D eigenvalue weighted by molar-refractivity contribution is 9.10. The molecule has 0 aliphatic rings. The fraction of sp³-hybridized carbons (Fsp3) is 0.133. The Labute approximate surface area is 120 Å². The van der Waals surface area contributed by atoms with Gasteiger partial charge in [0, 0.05) is 10.2 Å². The molecule has 0 aliphatic carbocycles. The number of aromatic carboxylic acids is 1. The van der Waals surface area contributed by atoms with Crippen molar-refractivity contribution >= 4 is 33.3 Å². The van der Waals surface area contributed by atoms with E-state index in [9.17, 15) is 9.90 Å². The summed E-state index contributed by atoms with van der Waals surface area (Å²) >= 11 is 3.41. The van der Waals surface area contributed by atoms with Gasteiger partial charge in [0.25, 0.3) is 0 Å². The number of halogens is 1. The van der Waals surface area contributed by atoms with Crippen LogP contribution in [0.2, 0.25) is 0 Å². The molecule has 2 aromatic rings. The molecule has 0 fully saturated rings. The molecule has 0 bridgehead atoms. The molecule has 0 radical (unpaired) electrons. The first kappa shape index (κ1) is 13.6. The minimum atomic E-state index is -0.933. The molecular weight excluding hydrogens is 306 g/mol. The molecule has 4 heteroatoms. The third-order valence-corrected chi connectivity index (χ3v) is 3.36. The maximum Gasteiger partial charge on any atom is 0.337 e. The number of hydrogen-bond acceptors (Lipinski definition) is 2. The zero-order valence-corrected chi connectivity index (χ0v) is 12.3. The zero-order chi connectivity index (χ0) is 14.0. The molecule has 2 rings (SSSR count). The van der Waals surface area contributed by atoms with Gasteiger partial charge in [-0.2, -0.15) is 0 Å². The van der Waals surface area contributed by atoms with Gasteiger partial charge >= 0.3 is 5.97 Å². The van der Waals surface area contributed by atoms with Gasteiger partial charge in [-0.15, -0.1) is 0 Å². The van der Waals surface area contributed by atoms with E-state index in [4.69, 9.17) is 0 Å². The standard InChI is InChI=1S/C15H14BrNO2/c1-9-3-5-12(15(18)19)14(7-9)17-13-6-4-11(16)8-10(13)2/h3-8,17H,1-2H3,(H,18,19). The van der Waals surface area contributed by atoms with Gasteiger partial charge in [0.15, 0.2) is 0 Å². The van der Waals surface area contributed by atoms with Crippen LogP contribution >= 0.6 is 15.9 Å². The third kappa shape index (κ3) is 3.15. The van der Waals surface area contributed by atoms with Crippen molar-refractivity contribution in [2.75, 3.05) is 5.32 Å². The van der Waals surface area contributed by atoms with Gasteiger partial charge in [0.1, 0.15) is 0 Å². The monoisotopic (exact) mass is 319 g/mol. The van der Waals surface area contributed by atoms with Crippen LogP contribution in [0.15, 0.2) is 40.9 Å². The summed E-state index contributed by atoms with van der Waals surface area (Å²) in [6, 6.07) is 11.1. The number of aryl methyl sites for hydroxylation is 2. The van der Waals surface area contributed by atoms with Gasteiger partial charge in [-0.1, -0.05) is 22.0 Å². The Morgan fingerprint density at radius 2 is 1.84 bits per heavy atom. The van der Waals surface area contributed by atoms with Crippen molar-refractivity contribution < 1.29 is 9.90 Å². The third-order valence-electron chi connectivity index (χ3n) is 2.86. The van der Waals surface area contributed by atoms with E-state index in [-0.39, 0.29) is 5.56 Å². The van der Waals surface area contributed by atoms with Crippen molar-refractivity contribution in [3.05, 3.63) is 57.6 Å². The van der Waals surface area contributed by atoms with Crippen LogP contribution in [0.3, 0.4) is 0 Å². The average Bonchev–Trinajstić information content (AvgIpc) is 2.32. The first-order valence-corrected chi connectivity index (χ1v) is 6.64. The predicted molar refractivity (Wildman–Crippen MR) is 80.3 cm³/mol. The van der Waals surface area contributed by atoms with E-state index in [1.165, 1.54) is 0 Å². The van der Waals surface area contributed by atoms with Crippen LogP contribution in [0.1, 0.15) is 21.5 Å². The highest BCUT2D eigenvalue weighted by Crippen LogP contribution is 2.26. The Morgan fingerprint density at radius 1 is 1.11 bits per heavy atom. The van der Waals surface area contributed by atoms with Gasteiger partial charge in [-0.05, 0) is 55.3 Å². The van der Waals surface area contributed by atoms with Gasteiger partial charge in [0.05, 0.1) is 11.3 Å². The summed E-state index contributed by atoms with van der Waals surface area (Å²) < 4.78 is 0.998. The summed E-state index contributed by atoms with van der Waals surface area (Å²) in [5, 5.41) is 12.4. The number of rotatable bonds is 3. The Bertz CT molecular complexity index is 638. The second kappa shape index (κ2) is 5.45. The summed E-state index contributed by atoms with van der Waals surface area (Å²) in [6.45, 7) is 3.91. The van der Waals surface area contributed by atoms with Crippen LogP contribution in [-0.2, 0) is 0 Å². The molecule has 0 aliphatic heterocycles. The maximum absolute atomic E-state index is 11.2. The highest BCUT2D eigenvalue weighted by atomic mass is 79.9. The maximum atomic E-state index is 11.2. The van der Waals surface area contributed by atoms with Crippen molar-refractivity contribution in [3.63, 3.8) is 0 Å². The van der Waals surface area contributed by atoms with Gasteiger partial charge in [-0.3, -0.25) is 0 Å². The Morgan fingerprint density at radius 3 is 2.47 bits per heavy atom. The van der Waals surface area contributed by atoms with E-state index in [1.54, 1.807) is 12.1 Å². The minimum absolute atomic E-state index is 0.271. The van der Waals surface area contributed by atoms with Crippen LogP contribution < -0.4 is 5.32 Å². The van der Waals surface area contributed by atoms with Gasteiger partial charge in [0.2, 0.25) is 0 Å². The SMILES string of the molecule is Cc1ccc(C(=O)O)c(Nc2ccc(Br)cc2C)c1.